The number of benzene rings is 1. The van der Waals surface area contributed by atoms with E-state index in [-0.39, 0.29) is 24.0 Å². The van der Waals surface area contributed by atoms with E-state index in [1.807, 2.05) is 0 Å². The van der Waals surface area contributed by atoms with Crippen molar-refractivity contribution in [2.75, 3.05) is 32.8 Å². The highest BCUT2D eigenvalue weighted by Gasteiger charge is 2.31. The Kier molecular flexibility index (Phi) is 6.93. The largest absolute Gasteiger partial charge is 0.573 e. The smallest absolute Gasteiger partial charge is 0.486 e. The summed E-state index contributed by atoms with van der Waals surface area (Å²) in [5.74, 6) is 0.173. The zero-order chi connectivity index (χ0) is 22.4. The van der Waals surface area contributed by atoms with E-state index in [0.717, 1.165) is 12.1 Å². The number of carbonyl (C=O) groups excluding carboxylic acids is 2. The molecule has 0 unspecified atom stereocenters. The molecule has 1 aromatic heterocycles. The van der Waals surface area contributed by atoms with E-state index in [2.05, 4.69) is 4.74 Å². The second kappa shape index (κ2) is 9.63. The molecule has 0 bridgehead atoms. The molecule has 0 atom stereocenters. The van der Waals surface area contributed by atoms with Crippen LogP contribution in [-0.4, -0.2) is 60.9 Å². The number of carbonyl (C=O) groups is 2. The lowest BCUT2D eigenvalue weighted by Crippen LogP contribution is -2.50. The van der Waals surface area contributed by atoms with Crippen LogP contribution in [0.4, 0.5) is 18.0 Å². The van der Waals surface area contributed by atoms with Crippen molar-refractivity contribution in [3.63, 3.8) is 0 Å². The Balaban J connectivity index is 1.49. The highest BCUT2D eigenvalue weighted by molar-refractivity contribution is 5.91. The lowest BCUT2D eigenvalue weighted by Gasteiger charge is -2.33. The quantitative estimate of drug-likeness (QED) is 0.679. The van der Waals surface area contributed by atoms with Crippen molar-refractivity contribution in [1.82, 2.24) is 9.80 Å². The SMILES string of the molecule is CCOC(=O)N1CCN(C(=O)c2ccc(COc3ccc(OC(F)(F)F)cc3)o2)CC1. The maximum Gasteiger partial charge on any atom is 0.573 e. The minimum Gasteiger partial charge on any atom is -0.486 e. The number of alkyl halides is 3. The number of hydrogen-bond acceptors (Lipinski definition) is 6. The molecule has 1 aliphatic rings. The van der Waals surface area contributed by atoms with Crippen molar-refractivity contribution in [3.8, 4) is 11.5 Å². The van der Waals surface area contributed by atoms with Crippen LogP contribution in [0.2, 0.25) is 0 Å². The molecule has 2 amide bonds. The fourth-order valence-corrected chi connectivity index (χ4v) is 2.93. The third kappa shape index (κ3) is 6.30. The number of piperazine rings is 1. The van der Waals surface area contributed by atoms with Crippen LogP contribution in [0.3, 0.4) is 0 Å². The van der Waals surface area contributed by atoms with E-state index in [0.29, 0.717) is 44.3 Å². The Bertz CT molecular complexity index is 889. The minimum absolute atomic E-state index is 0.0105. The Morgan fingerprint density at radius 3 is 2.19 bits per heavy atom. The zero-order valence-electron chi connectivity index (χ0n) is 16.7. The van der Waals surface area contributed by atoms with Gasteiger partial charge in [-0.25, -0.2) is 4.79 Å². The van der Waals surface area contributed by atoms with Gasteiger partial charge >= 0.3 is 12.5 Å². The molecule has 1 saturated heterocycles. The molecule has 2 aromatic rings. The number of amides is 2. The van der Waals surface area contributed by atoms with Crippen LogP contribution >= 0.6 is 0 Å². The number of hydrogen-bond donors (Lipinski definition) is 0. The molecule has 168 valence electrons. The van der Waals surface area contributed by atoms with Crippen LogP contribution in [0.1, 0.15) is 23.2 Å². The summed E-state index contributed by atoms with van der Waals surface area (Å²) in [6, 6.07) is 8.05. The molecular formula is C20H21F3N2O6. The zero-order valence-corrected chi connectivity index (χ0v) is 16.7. The van der Waals surface area contributed by atoms with Crippen molar-refractivity contribution in [2.45, 2.75) is 19.9 Å². The van der Waals surface area contributed by atoms with Gasteiger partial charge in [-0.2, -0.15) is 0 Å². The van der Waals surface area contributed by atoms with Crippen molar-refractivity contribution in [3.05, 3.63) is 47.9 Å². The number of halogens is 3. The summed E-state index contributed by atoms with van der Waals surface area (Å²) in [6.07, 6.45) is -5.16. The number of furan rings is 1. The lowest BCUT2D eigenvalue weighted by atomic mass is 10.3. The molecular weight excluding hydrogens is 421 g/mol. The maximum absolute atomic E-state index is 12.6. The minimum atomic E-state index is -4.76. The van der Waals surface area contributed by atoms with E-state index in [4.69, 9.17) is 13.9 Å². The second-order valence-electron chi connectivity index (χ2n) is 6.55. The van der Waals surface area contributed by atoms with Crippen molar-refractivity contribution < 1.29 is 41.4 Å². The molecule has 31 heavy (non-hydrogen) atoms. The van der Waals surface area contributed by atoms with E-state index < -0.39 is 12.5 Å². The van der Waals surface area contributed by atoms with Crippen molar-refractivity contribution in [2.24, 2.45) is 0 Å². The van der Waals surface area contributed by atoms with Gasteiger partial charge in [-0.3, -0.25) is 4.79 Å². The summed E-state index contributed by atoms with van der Waals surface area (Å²) in [4.78, 5) is 27.4. The summed E-state index contributed by atoms with van der Waals surface area (Å²) in [5.41, 5.74) is 0. The molecule has 0 aliphatic carbocycles. The first-order valence-electron chi connectivity index (χ1n) is 9.53. The van der Waals surface area contributed by atoms with Crippen LogP contribution in [0.15, 0.2) is 40.8 Å². The van der Waals surface area contributed by atoms with Gasteiger partial charge in [0.05, 0.1) is 6.61 Å². The first-order valence-corrected chi connectivity index (χ1v) is 9.53. The van der Waals surface area contributed by atoms with Gasteiger partial charge in [0.15, 0.2) is 5.76 Å². The van der Waals surface area contributed by atoms with E-state index in [9.17, 15) is 22.8 Å². The molecule has 1 aliphatic heterocycles. The molecule has 0 radical (unpaired) electrons. The predicted molar refractivity (Wildman–Crippen MR) is 101 cm³/mol. The summed E-state index contributed by atoms with van der Waals surface area (Å²) in [5, 5.41) is 0. The van der Waals surface area contributed by atoms with Crippen LogP contribution in [0.25, 0.3) is 0 Å². The average Bonchev–Trinajstić information content (AvgIpc) is 3.21. The number of rotatable bonds is 6. The Labute approximate surface area is 176 Å². The number of ether oxygens (including phenoxy) is 3. The van der Waals surface area contributed by atoms with Crippen molar-refractivity contribution >= 4 is 12.0 Å². The van der Waals surface area contributed by atoms with Gasteiger partial charge in [-0.1, -0.05) is 0 Å². The molecule has 3 rings (SSSR count). The predicted octanol–water partition coefficient (Wildman–Crippen LogP) is 3.67. The standard InChI is InChI=1S/C20H21F3N2O6/c1-2-28-19(27)25-11-9-24(10-12-25)18(26)17-8-7-16(30-17)13-29-14-3-5-15(6-4-14)31-20(21,22)23/h3-8H,2,9-13H2,1H3. The summed E-state index contributed by atoms with van der Waals surface area (Å²) >= 11 is 0. The lowest BCUT2D eigenvalue weighted by molar-refractivity contribution is -0.274. The average molecular weight is 442 g/mol. The summed E-state index contributed by atoms with van der Waals surface area (Å²) in [6.45, 7) is 3.47. The Hall–Kier alpha value is -3.37. The third-order valence-corrected chi connectivity index (χ3v) is 4.40. The molecule has 0 saturated carbocycles. The molecule has 11 heteroatoms. The van der Waals surface area contributed by atoms with Crippen molar-refractivity contribution in [1.29, 1.82) is 0 Å². The highest BCUT2D eigenvalue weighted by atomic mass is 19.4. The van der Waals surface area contributed by atoms with Gasteiger partial charge in [0.2, 0.25) is 0 Å². The van der Waals surface area contributed by atoms with Gasteiger partial charge in [0, 0.05) is 26.2 Å². The van der Waals surface area contributed by atoms with Crippen LogP contribution < -0.4 is 9.47 Å². The molecule has 0 spiro atoms. The van der Waals surface area contributed by atoms with Gasteiger partial charge in [-0.15, -0.1) is 13.2 Å². The molecule has 2 heterocycles. The fraction of sp³-hybridized carbons (Fsp3) is 0.400. The molecule has 0 N–H and O–H groups in total. The van der Waals surface area contributed by atoms with Crippen LogP contribution in [-0.2, 0) is 11.3 Å². The van der Waals surface area contributed by atoms with Gasteiger partial charge in [0.1, 0.15) is 23.9 Å². The topological polar surface area (TPSA) is 81.5 Å². The van der Waals surface area contributed by atoms with E-state index >= 15 is 0 Å². The van der Waals surface area contributed by atoms with Crippen LogP contribution in [0, 0.1) is 0 Å². The second-order valence-corrected chi connectivity index (χ2v) is 6.55. The van der Waals surface area contributed by atoms with E-state index in [1.54, 1.807) is 22.8 Å². The fourth-order valence-electron chi connectivity index (χ4n) is 2.93. The molecule has 1 fully saturated rings. The highest BCUT2D eigenvalue weighted by Crippen LogP contribution is 2.25. The maximum atomic E-state index is 12.6. The summed E-state index contributed by atoms with van der Waals surface area (Å²) in [7, 11) is 0. The molecule has 1 aromatic carbocycles. The van der Waals surface area contributed by atoms with Crippen LogP contribution in [0.5, 0.6) is 11.5 Å². The monoisotopic (exact) mass is 442 g/mol. The first-order chi connectivity index (χ1) is 14.7. The Morgan fingerprint density at radius 2 is 1.58 bits per heavy atom. The van der Waals surface area contributed by atoms with E-state index in [1.165, 1.54) is 18.2 Å². The summed E-state index contributed by atoms with van der Waals surface area (Å²) < 4.78 is 56.3. The first kappa shape index (κ1) is 22.3. The normalized spacial score (nSPS) is 14.3. The molecule has 8 nitrogen and oxygen atoms in total. The third-order valence-electron chi connectivity index (χ3n) is 4.40. The van der Waals surface area contributed by atoms with Gasteiger partial charge < -0.3 is 28.4 Å². The van der Waals surface area contributed by atoms with Gasteiger partial charge in [-0.05, 0) is 43.3 Å². The Morgan fingerprint density at radius 1 is 0.968 bits per heavy atom. The number of nitrogens with zero attached hydrogens (tertiary/aromatic N) is 2. The van der Waals surface area contributed by atoms with Gasteiger partial charge in [0.25, 0.3) is 5.91 Å².